The number of nitrogens with one attached hydrogen (secondary N) is 2. The molecule has 0 aromatic carbocycles. The number of aryl methyl sites for hydroxylation is 1. The number of aromatic amines is 1. The molecular weight excluding hydrogens is 230 g/mol. The van der Waals surface area contributed by atoms with Crippen LogP contribution in [0.2, 0.25) is 0 Å². The summed E-state index contributed by atoms with van der Waals surface area (Å²) in [5, 5.41) is 9.48. The Morgan fingerprint density at radius 2 is 2.22 bits per heavy atom. The molecule has 1 aliphatic rings. The van der Waals surface area contributed by atoms with Gasteiger partial charge in [-0.05, 0) is 38.9 Å². The minimum absolute atomic E-state index is 0.188. The van der Waals surface area contributed by atoms with E-state index >= 15 is 0 Å². The first-order chi connectivity index (χ1) is 8.79. The number of carbonyl (C=O) groups excluding carboxylic acids is 1. The molecular formula is C12H21N5O. The van der Waals surface area contributed by atoms with E-state index in [4.69, 9.17) is 0 Å². The van der Waals surface area contributed by atoms with Crippen molar-refractivity contribution in [1.82, 2.24) is 25.4 Å². The van der Waals surface area contributed by atoms with Crippen LogP contribution >= 0.6 is 0 Å². The van der Waals surface area contributed by atoms with Gasteiger partial charge in [-0.1, -0.05) is 6.92 Å². The molecule has 2 rings (SSSR count). The van der Waals surface area contributed by atoms with Gasteiger partial charge >= 0.3 is 0 Å². The molecule has 0 aliphatic carbocycles. The van der Waals surface area contributed by atoms with Gasteiger partial charge in [0.05, 0.1) is 0 Å². The molecule has 2 heterocycles. The number of hydrogen-bond acceptors (Lipinski definition) is 4. The first-order valence-electron chi connectivity index (χ1n) is 6.71. The third-order valence-electron chi connectivity index (χ3n) is 3.21. The Balaban J connectivity index is 1.65. The van der Waals surface area contributed by atoms with Gasteiger partial charge < -0.3 is 10.2 Å². The highest BCUT2D eigenvalue weighted by molar-refractivity contribution is 5.90. The summed E-state index contributed by atoms with van der Waals surface area (Å²) in [6, 6.07) is 0. The second kappa shape index (κ2) is 6.49. The summed E-state index contributed by atoms with van der Waals surface area (Å²) in [6.45, 7) is 6.13. The SMILES string of the molecule is CCc1nc(C(=O)NCCCN2CCCC2)n[nH]1. The van der Waals surface area contributed by atoms with Crippen molar-refractivity contribution >= 4 is 5.91 Å². The number of likely N-dealkylation sites (tertiary alicyclic amines) is 1. The zero-order chi connectivity index (χ0) is 12.8. The Morgan fingerprint density at radius 1 is 1.44 bits per heavy atom. The number of nitrogens with zero attached hydrogens (tertiary/aromatic N) is 3. The van der Waals surface area contributed by atoms with Crippen LogP contribution in [0.4, 0.5) is 0 Å². The number of H-pyrrole nitrogens is 1. The highest BCUT2D eigenvalue weighted by atomic mass is 16.2. The summed E-state index contributed by atoms with van der Waals surface area (Å²) in [5.41, 5.74) is 0. The maximum absolute atomic E-state index is 11.7. The average Bonchev–Trinajstić information content (AvgIpc) is 3.05. The van der Waals surface area contributed by atoms with Gasteiger partial charge in [0.25, 0.3) is 5.91 Å². The molecule has 1 aliphatic heterocycles. The van der Waals surface area contributed by atoms with Gasteiger partial charge in [-0.25, -0.2) is 4.98 Å². The first-order valence-corrected chi connectivity index (χ1v) is 6.71. The van der Waals surface area contributed by atoms with Crippen molar-refractivity contribution in [3.05, 3.63) is 11.6 Å². The van der Waals surface area contributed by atoms with Crippen molar-refractivity contribution in [3.8, 4) is 0 Å². The van der Waals surface area contributed by atoms with E-state index in [1.54, 1.807) is 0 Å². The van der Waals surface area contributed by atoms with Gasteiger partial charge in [0.2, 0.25) is 5.82 Å². The molecule has 1 fully saturated rings. The van der Waals surface area contributed by atoms with Crippen LogP contribution in [-0.4, -0.2) is 52.2 Å². The minimum Gasteiger partial charge on any atom is -0.349 e. The summed E-state index contributed by atoms with van der Waals surface area (Å²) in [5.74, 6) is 0.803. The largest absolute Gasteiger partial charge is 0.349 e. The van der Waals surface area contributed by atoms with Crippen LogP contribution in [0.15, 0.2) is 0 Å². The van der Waals surface area contributed by atoms with Gasteiger partial charge in [-0.2, -0.15) is 0 Å². The van der Waals surface area contributed by atoms with Crippen molar-refractivity contribution in [3.63, 3.8) is 0 Å². The van der Waals surface area contributed by atoms with E-state index in [9.17, 15) is 4.79 Å². The zero-order valence-electron chi connectivity index (χ0n) is 10.9. The highest BCUT2D eigenvalue weighted by Crippen LogP contribution is 2.06. The number of aromatic nitrogens is 3. The average molecular weight is 251 g/mol. The predicted octanol–water partition coefficient (Wildman–Crippen LogP) is 0.583. The monoisotopic (exact) mass is 251 g/mol. The van der Waals surface area contributed by atoms with Crippen LogP contribution in [0.25, 0.3) is 0 Å². The number of rotatable bonds is 6. The third-order valence-corrected chi connectivity index (χ3v) is 3.21. The van der Waals surface area contributed by atoms with Crippen molar-refractivity contribution in [2.75, 3.05) is 26.2 Å². The molecule has 0 unspecified atom stereocenters. The molecule has 100 valence electrons. The van der Waals surface area contributed by atoms with E-state index in [1.807, 2.05) is 6.92 Å². The fourth-order valence-electron chi connectivity index (χ4n) is 2.14. The second-order valence-electron chi connectivity index (χ2n) is 4.62. The topological polar surface area (TPSA) is 73.9 Å². The van der Waals surface area contributed by atoms with E-state index in [2.05, 4.69) is 25.4 Å². The van der Waals surface area contributed by atoms with Gasteiger partial charge in [0, 0.05) is 13.0 Å². The lowest BCUT2D eigenvalue weighted by Crippen LogP contribution is -2.29. The Kier molecular flexibility index (Phi) is 4.69. The summed E-state index contributed by atoms with van der Waals surface area (Å²) < 4.78 is 0. The summed E-state index contributed by atoms with van der Waals surface area (Å²) in [7, 11) is 0. The standard InChI is InChI=1S/C12H21N5O/c1-2-10-14-11(16-15-10)12(18)13-6-5-9-17-7-3-4-8-17/h2-9H2,1H3,(H,13,18)(H,14,15,16). The molecule has 1 aromatic rings. The maximum Gasteiger partial charge on any atom is 0.290 e. The molecule has 0 spiro atoms. The molecule has 6 heteroatoms. The first kappa shape index (κ1) is 13.0. The highest BCUT2D eigenvalue weighted by Gasteiger charge is 2.12. The Hall–Kier alpha value is -1.43. The van der Waals surface area contributed by atoms with E-state index in [1.165, 1.54) is 25.9 Å². The Labute approximate surface area is 107 Å². The molecule has 18 heavy (non-hydrogen) atoms. The van der Waals surface area contributed by atoms with Crippen LogP contribution < -0.4 is 5.32 Å². The minimum atomic E-state index is -0.188. The second-order valence-corrected chi connectivity index (χ2v) is 4.62. The summed E-state index contributed by atoms with van der Waals surface area (Å²) in [4.78, 5) is 18.2. The molecule has 1 aromatic heterocycles. The van der Waals surface area contributed by atoms with E-state index < -0.39 is 0 Å². The van der Waals surface area contributed by atoms with Crippen molar-refractivity contribution in [2.45, 2.75) is 32.6 Å². The van der Waals surface area contributed by atoms with Crippen LogP contribution in [0.5, 0.6) is 0 Å². The molecule has 0 radical (unpaired) electrons. The quantitative estimate of drug-likeness (QED) is 0.725. The molecule has 0 saturated carbocycles. The molecule has 1 saturated heterocycles. The van der Waals surface area contributed by atoms with E-state index in [0.717, 1.165) is 25.2 Å². The molecule has 2 N–H and O–H groups in total. The lowest BCUT2D eigenvalue weighted by molar-refractivity contribution is 0.0942. The molecule has 1 amide bonds. The van der Waals surface area contributed by atoms with Gasteiger partial charge in [0.15, 0.2) is 0 Å². The van der Waals surface area contributed by atoms with E-state index in [-0.39, 0.29) is 11.7 Å². The molecule has 0 atom stereocenters. The summed E-state index contributed by atoms with van der Waals surface area (Å²) in [6.07, 6.45) is 4.36. The maximum atomic E-state index is 11.7. The van der Waals surface area contributed by atoms with Crippen molar-refractivity contribution < 1.29 is 4.79 Å². The van der Waals surface area contributed by atoms with Crippen LogP contribution in [0.1, 0.15) is 42.6 Å². The number of hydrogen-bond donors (Lipinski definition) is 2. The number of amides is 1. The third kappa shape index (κ3) is 3.53. The van der Waals surface area contributed by atoms with Gasteiger partial charge in [-0.3, -0.25) is 9.89 Å². The Morgan fingerprint density at radius 3 is 2.89 bits per heavy atom. The lowest BCUT2D eigenvalue weighted by atomic mass is 10.4. The lowest BCUT2D eigenvalue weighted by Gasteiger charge is -2.13. The molecule has 0 bridgehead atoms. The smallest absolute Gasteiger partial charge is 0.290 e. The normalized spacial score (nSPS) is 16.1. The predicted molar refractivity (Wildman–Crippen MR) is 68.4 cm³/mol. The van der Waals surface area contributed by atoms with Crippen molar-refractivity contribution in [2.24, 2.45) is 0 Å². The van der Waals surface area contributed by atoms with Crippen LogP contribution in [-0.2, 0) is 6.42 Å². The fraction of sp³-hybridized carbons (Fsp3) is 0.750. The van der Waals surface area contributed by atoms with Crippen LogP contribution in [0.3, 0.4) is 0 Å². The van der Waals surface area contributed by atoms with Crippen LogP contribution in [0, 0.1) is 0 Å². The van der Waals surface area contributed by atoms with Crippen molar-refractivity contribution in [1.29, 1.82) is 0 Å². The Bertz CT molecular complexity index is 384. The van der Waals surface area contributed by atoms with Gasteiger partial charge in [0.1, 0.15) is 5.82 Å². The fourth-order valence-corrected chi connectivity index (χ4v) is 2.14. The summed E-state index contributed by atoms with van der Waals surface area (Å²) >= 11 is 0. The van der Waals surface area contributed by atoms with E-state index in [0.29, 0.717) is 6.54 Å². The number of carbonyl (C=O) groups is 1. The zero-order valence-corrected chi connectivity index (χ0v) is 10.9. The molecule has 6 nitrogen and oxygen atoms in total. The van der Waals surface area contributed by atoms with Gasteiger partial charge in [-0.15, -0.1) is 5.10 Å².